The number of amides is 1. The molecule has 0 unspecified atom stereocenters. The molecule has 9 nitrogen and oxygen atoms in total. The Bertz CT molecular complexity index is 660. The Morgan fingerprint density at radius 3 is 2.81 bits per heavy atom. The largest absolute Gasteiger partial charge is 0.461 e. The lowest BCUT2D eigenvalue weighted by Crippen LogP contribution is -2.20. The molecule has 2 aromatic heterocycles. The van der Waals surface area contributed by atoms with E-state index in [2.05, 4.69) is 20.8 Å². The van der Waals surface area contributed by atoms with Crippen molar-refractivity contribution in [3.63, 3.8) is 0 Å². The van der Waals surface area contributed by atoms with Gasteiger partial charge in [0.15, 0.2) is 11.5 Å². The van der Waals surface area contributed by atoms with Gasteiger partial charge in [-0.2, -0.15) is 0 Å². The summed E-state index contributed by atoms with van der Waals surface area (Å²) >= 11 is 0. The number of nitrogens with one attached hydrogen (secondary N) is 1. The minimum atomic E-state index is -0.561. The molecular formula is C12H15N5O4. The number of aryl methyl sites for hydroxylation is 1. The average molecular weight is 293 g/mol. The van der Waals surface area contributed by atoms with E-state index in [0.29, 0.717) is 17.3 Å². The van der Waals surface area contributed by atoms with E-state index >= 15 is 0 Å². The van der Waals surface area contributed by atoms with E-state index in [0.717, 1.165) is 0 Å². The number of hydrogen-bond acceptors (Lipinski definition) is 7. The van der Waals surface area contributed by atoms with Gasteiger partial charge in [0, 0.05) is 6.07 Å². The molecule has 21 heavy (non-hydrogen) atoms. The predicted octanol–water partition coefficient (Wildman–Crippen LogP) is 0.698. The van der Waals surface area contributed by atoms with Crippen molar-refractivity contribution in [2.45, 2.75) is 27.3 Å². The lowest BCUT2D eigenvalue weighted by Gasteiger charge is -2.03. The number of rotatable bonds is 5. The third-order valence-corrected chi connectivity index (χ3v) is 2.64. The van der Waals surface area contributed by atoms with Crippen molar-refractivity contribution in [3.05, 3.63) is 23.2 Å². The number of hydrogen-bond donors (Lipinski definition) is 1. The van der Waals surface area contributed by atoms with Crippen LogP contribution in [-0.2, 0) is 16.1 Å². The summed E-state index contributed by atoms with van der Waals surface area (Å²) in [6, 6.07) is 1.59. The molecule has 2 heterocycles. The van der Waals surface area contributed by atoms with Crippen molar-refractivity contribution in [1.29, 1.82) is 0 Å². The van der Waals surface area contributed by atoms with Crippen molar-refractivity contribution < 1.29 is 18.8 Å². The van der Waals surface area contributed by atoms with Crippen molar-refractivity contribution in [2.75, 3.05) is 11.9 Å². The normalized spacial score (nSPS) is 10.4. The minimum Gasteiger partial charge on any atom is -0.461 e. The first-order valence-corrected chi connectivity index (χ1v) is 6.31. The second-order valence-electron chi connectivity index (χ2n) is 4.27. The molecule has 0 aliphatic carbocycles. The summed E-state index contributed by atoms with van der Waals surface area (Å²) in [7, 11) is 0. The second kappa shape index (κ2) is 6.16. The first kappa shape index (κ1) is 14.7. The highest BCUT2D eigenvalue weighted by Crippen LogP contribution is 2.08. The average Bonchev–Trinajstić information content (AvgIpc) is 2.97. The Morgan fingerprint density at radius 1 is 1.43 bits per heavy atom. The molecule has 2 rings (SSSR count). The lowest BCUT2D eigenvalue weighted by atomic mass is 10.3. The Morgan fingerprint density at radius 2 is 2.19 bits per heavy atom. The van der Waals surface area contributed by atoms with Crippen LogP contribution in [0.1, 0.15) is 28.9 Å². The zero-order valence-electron chi connectivity index (χ0n) is 11.9. The lowest BCUT2D eigenvalue weighted by molar-refractivity contribution is -0.117. The van der Waals surface area contributed by atoms with Gasteiger partial charge in [0.05, 0.1) is 12.3 Å². The summed E-state index contributed by atoms with van der Waals surface area (Å²) in [5.74, 6) is -0.00629. The Kier molecular flexibility index (Phi) is 4.31. The SMILES string of the molecule is CCOC(=O)c1nnn(CC(=O)Nc2cc(C)on2)c1C. The molecule has 1 N–H and O–H groups in total. The zero-order valence-corrected chi connectivity index (χ0v) is 11.9. The molecule has 0 saturated carbocycles. The number of ether oxygens (including phenoxy) is 1. The molecule has 0 fully saturated rings. The fourth-order valence-corrected chi connectivity index (χ4v) is 1.64. The third kappa shape index (κ3) is 3.44. The highest BCUT2D eigenvalue weighted by atomic mass is 16.5. The smallest absolute Gasteiger partial charge is 0.360 e. The van der Waals surface area contributed by atoms with Crippen LogP contribution in [0.2, 0.25) is 0 Å². The third-order valence-electron chi connectivity index (χ3n) is 2.64. The quantitative estimate of drug-likeness (QED) is 0.807. The molecule has 0 aliphatic heterocycles. The molecule has 112 valence electrons. The molecule has 0 saturated heterocycles. The molecule has 0 spiro atoms. The number of esters is 1. The van der Waals surface area contributed by atoms with Crippen LogP contribution in [0, 0.1) is 13.8 Å². The molecule has 1 amide bonds. The van der Waals surface area contributed by atoms with Crippen molar-refractivity contribution in [2.24, 2.45) is 0 Å². The molecular weight excluding hydrogens is 278 g/mol. The molecule has 9 heteroatoms. The van der Waals surface area contributed by atoms with Gasteiger partial charge in [-0.3, -0.25) is 4.79 Å². The van der Waals surface area contributed by atoms with E-state index in [1.54, 1.807) is 26.8 Å². The first-order chi connectivity index (χ1) is 10.0. The minimum absolute atomic E-state index is 0.0931. The number of carbonyl (C=O) groups excluding carboxylic acids is 2. The monoisotopic (exact) mass is 293 g/mol. The second-order valence-corrected chi connectivity index (χ2v) is 4.27. The summed E-state index contributed by atoms with van der Waals surface area (Å²) in [6.07, 6.45) is 0. The van der Waals surface area contributed by atoms with E-state index in [-0.39, 0.29) is 24.8 Å². The van der Waals surface area contributed by atoms with E-state index in [9.17, 15) is 9.59 Å². The van der Waals surface area contributed by atoms with Crippen molar-refractivity contribution in [1.82, 2.24) is 20.2 Å². The molecule has 0 atom stereocenters. The van der Waals surface area contributed by atoms with Gasteiger partial charge in [-0.25, -0.2) is 9.48 Å². The van der Waals surface area contributed by atoms with E-state index in [1.165, 1.54) is 4.68 Å². The molecule has 0 aliphatic rings. The number of nitrogens with zero attached hydrogens (tertiary/aromatic N) is 4. The van der Waals surface area contributed by atoms with Gasteiger partial charge < -0.3 is 14.6 Å². The summed E-state index contributed by atoms with van der Waals surface area (Å²) < 4.78 is 11.0. The Hall–Kier alpha value is -2.71. The summed E-state index contributed by atoms with van der Waals surface area (Å²) in [6.45, 7) is 5.21. The van der Waals surface area contributed by atoms with Gasteiger partial charge in [-0.1, -0.05) is 10.4 Å². The van der Waals surface area contributed by atoms with E-state index < -0.39 is 5.97 Å². The molecule has 0 aromatic carbocycles. The van der Waals surface area contributed by atoms with E-state index in [4.69, 9.17) is 9.26 Å². The number of carbonyl (C=O) groups is 2. The zero-order chi connectivity index (χ0) is 15.4. The Labute approximate surface area is 120 Å². The fourth-order valence-electron chi connectivity index (χ4n) is 1.64. The van der Waals surface area contributed by atoms with Gasteiger partial charge in [0.25, 0.3) is 0 Å². The summed E-state index contributed by atoms with van der Waals surface area (Å²) in [5, 5.41) is 13.7. The van der Waals surface area contributed by atoms with Crippen LogP contribution in [0.3, 0.4) is 0 Å². The van der Waals surface area contributed by atoms with Gasteiger partial charge >= 0.3 is 5.97 Å². The maximum atomic E-state index is 11.9. The van der Waals surface area contributed by atoms with Gasteiger partial charge in [0.1, 0.15) is 12.3 Å². The maximum absolute atomic E-state index is 11.9. The molecule has 0 radical (unpaired) electrons. The van der Waals surface area contributed by atoms with E-state index in [1.807, 2.05) is 0 Å². The van der Waals surface area contributed by atoms with Crippen molar-refractivity contribution >= 4 is 17.7 Å². The van der Waals surface area contributed by atoms with Crippen LogP contribution in [0.25, 0.3) is 0 Å². The maximum Gasteiger partial charge on any atom is 0.360 e. The standard InChI is InChI=1S/C12H15N5O4/c1-4-20-12(19)11-8(3)17(16-14-11)6-10(18)13-9-5-7(2)21-15-9/h5H,4,6H2,1-3H3,(H,13,15,18). The van der Waals surface area contributed by atoms with Crippen LogP contribution in [0.15, 0.2) is 10.6 Å². The predicted molar refractivity (Wildman–Crippen MR) is 70.6 cm³/mol. The first-order valence-electron chi connectivity index (χ1n) is 6.31. The van der Waals surface area contributed by atoms with Crippen LogP contribution in [0.4, 0.5) is 5.82 Å². The number of aromatic nitrogens is 4. The summed E-state index contributed by atoms with van der Waals surface area (Å²) in [4.78, 5) is 23.4. The van der Waals surface area contributed by atoms with Crippen LogP contribution in [0.5, 0.6) is 0 Å². The Balaban J connectivity index is 2.03. The van der Waals surface area contributed by atoms with Crippen molar-refractivity contribution in [3.8, 4) is 0 Å². The highest BCUT2D eigenvalue weighted by molar-refractivity contribution is 5.90. The molecule has 2 aromatic rings. The highest BCUT2D eigenvalue weighted by Gasteiger charge is 2.19. The number of anilines is 1. The molecule has 0 bridgehead atoms. The summed E-state index contributed by atoms with van der Waals surface area (Å²) in [5.41, 5.74) is 0.557. The van der Waals surface area contributed by atoms with Crippen LogP contribution in [-0.4, -0.2) is 38.6 Å². The topological polar surface area (TPSA) is 112 Å². The van der Waals surface area contributed by atoms with Gasteiger partial charge in [0.2, 0.25) is 5.91 Å². The van der Waals surface area contributed by atoms with Crippen LogP contribution < -0.4 is 5.32 Å². The van der Waals surface area contributed by atoms with Crippen LogP contribution >= 0.6 is 0 Å². The van der Waals surface area contributed by atoms with Gasteiger partial charge in [-0.05, 0) is 20.8 Å². The van der Waals surface area contributed by atoms with Gasteiger partial charge in [-0.15, -0.1) is 5.10 Å². The fraction of sp³-hybridized carbons (Fsp3) is 0.417.